The van der Waals surface area contributed by atoms with Gasteiger partial charge in [-0.05, 0) is 25.3 Å². The topological polar surface area (TPSA) is 38.3 Å². The maximum atomic E-state index is 11.5. The first kappa shape index (κ1) is 13.1. The Bertz CT molecular complexity index is 399. The highest BCUT2D eigenvalue weighted by Gasteiger charge is 2.26. The first-order valence-electron chi connectivity index (χ1n) is 6.68. The molecular formula is C15H21NO2. The number of carbonyl (C=O) groups is 1. The lowest BCUT2D eigenvalue weighted by Crippen LogP contribution is -2.27. The summed E-state index contributed by atoms with van der Waals surface area (Å²) >= 11 is 0. The van der Waals surface area contributed by atoms with E-state index in [1.54, 1.807) is 0 Å². The molecule has 0 heterocycles. The predicted octanol–water partition coefficient (Wildman–Crippen LogP) is 2.43. The summed E-state index contributed by atoms with van der Waals surface area (Å²) in [5, 5.41) is 3.28. The summed E-state index contributed by atoms with van der Waals surface area (Å²) in [6.45, 7) is 4.10. The second-order valence-corrected chi connectivity index (χ2v) is 4.96. The van der Waals surface area contributed by atoms with Gasteiger partial charge < -0.3 is 10.1 Å². The Kier molecular flexibility index (Phi) is 4.76. The highest BCUT2D eigenvalue weighted by Crippen LogP contribution is 2.27. The number of ether oxygens (including phenoxy) is 1. The van der Waals surface area contributed by atoms with Gasteiger partial charge in [-0.3, -0.25) is 4.79 Å². The van der Waals surface area contributed by atoms with E-state index in [0.717, 1.165) is 19.4 Å². The van der Waals surface area contributed by atoms with Crippen molar-refractivity contribution in [2.75, 3.05) is 13.2 Å². The third kappa shape index (κ3) is 3.84. The summed E-state index contributed by atoms with van der Waals surface area (Å²) in [5.74, 6) is 0.167. The summed E-state index contributed by atoms with van der Waals surface area (Å²) in [7, 11) is 0. The van der Waals surface area contributed by atoms with Crippen LogP contribution < -0.4 is 5.32 Å². The van der Waals surface area contributed by atoms with E-state index in [-0.39, 0.29) is 11.9 Å². The third-order valence-electron chi connectivity index (χ3n) is 3.37. The molecule has 1 aliphatic carbocycles. The Balaban J connectivity index is 1.57. The number of rotatable bonds is 6. The molecule has 0 saturated heterocycles. The number of aryl methyl sites for hydroxylation is 1. The molecule has 0 amide bonds. The monoisotopic (exact) mass is 247 g/mol. The molecule has 1 aromatic rings. The maximum Gasteiger partial charge on any atom is 0.308 e. The van der Waals surface area contributed by atoms with Crippen LogP contribution in [0, 0.1) is 12.8 Å². The largest absolute Gasteiger partial charge is 0.464 e. The van der Waals surface area contributed by atoms with Crippen LogP contribution in [0.2, 0.25) is 0 Å². The minimum Gasteiger partial charge on any atom is -0.464 e. The number of esters is 1. The van der Waals surface area contributed by atoms with E-state index in [0.29, 0.717) is 13.2 Å². The fourth-order valence-electron chi connectivity index (χ4n) is 2.04. The molecule has 0 radical (unpaired) electrons. The van der Waals surface area contributed by atoms with Crippen LogP contribution in [0.3, 0.4) is 0 Å². The van der Waals surface area contributed by atoms with Gasteiger partial charge in [-0.15, -0.1) is 0 Å². The van der Waals surface area contributed by atoms with Crippen LogP contribution in [0.15, 0.2) is 24.3 Å². The molecule has 1 aliphatic rings. The minimum atomic E-state index is -0.0152. The quantitative estimate of drug-likeness (QED) is 0.620. The fourth-order valence-corrected chi connectivity index (χ4v) is 2.04. The van der Waals surface area contributed by atoms with E-state index in [9.17, 15) is 4.79 Å². The molecule has 1 saturated carbocycles. The lowest BCUT2D eigenvalue weighted by molar-refractivity contribution is -0.151. The Morgan fingerprint density at radius 2 is 2.28 bits per heavy atom. The molecule has 0 spiro atoms. The maximum absolute atomic E-state index is 11.5. The SMILES string of the molecule is Cc1cccc(CNCCOC(=O)C2CCC2)c1. The van der Waals surface area contributed by atoms with Gasteiger partial charge in [0.1, 0.15) is 6.61 Å². The van der Waals surface area contributed by atoms with Gasteiger partial charge in [0.2, 0.25) is 0 Å². The van der Waals surface area contributed by atoms with Gasteiger partial charge in [0.25, 0.3) is 0 Å². The molecule has 1 aromatic carbocycles. The second-order valence-electron chi connectivity index (χ2n) is 4.96. The van der Waals surface area contributed by atoms with Crippen LogP contribution in [0.25, 0.3) is 0 Å². The Labute approximate surface area is 109 Å². The van der Waals surface area contributed by atoms with E-state index >= 15 is 0 Å². The summed E-state index contributed by atoms with van der Waals surface area (Å²) in [6.07, 6.45) is 3.19. The van der Waals surface area contributed by atoms with Gasteiger partial charge in [0.05, 0.1) is 5.92 Å². The molecule has 0 aromatic heterocycles. The molecule has 3 nitrogen and oxygen atoms in total. The van der Waals surface area contributed by atoms with Gasteiger partial charge in [0.15, 0.2) is 0 Å². The third-order valence-corrected chi connectivity index (χ3v) is 3.37. The molecule has 98 valence electrons. The molecule has 0 aliphatic heterocycles. The number of hydrogen-bond donors (Lipinski definition) is 1. The van der Waals surface area contributed by atoms with E-state index in [1.807, 2.05) is 0 Å². The van der Waals surface area contributed by atoms with Crippen LogP contribution in [-0.4, -0.2) is 19.1 Å². The molecule has 2 rings (SSSR count). The molecule has 0 atom stereocenters. The highest BCUT2D eigenvalue weighted by atomic mass is 16.5. The second kappa shape index (κ2) is 6.55. The van der Waals surface area contributed by atoms with Crippen molar-refractivity contribution in [3.05, 3.63) is 35.4 Å². The molecule has 1 fully saturated rings. The zero-order valence-corrected chi connectivity index (χ0v) is 10.9. The molecule has 0 bridgehead atoms. The van der Waals surface area contributed by atoms with Crippen molar-refractivity contribution in [1.29, 1.82) is 0 Å². The first-order valence-corrected chi connectivity index (χ1v) is 6.68. The molecule has 3 heteroatoms. The standard InChI is InChI=1S/C15H21NO2/c1-12-4-2-5-13(10-12)11-16-8-9-18-15(17)14-6-3-7-14/h2,4-5,10,14,16H,3,6-9,11H2,1H3. The zero-order chi connectivity index (χ0) is 12.8. The van der Waals surface area contributed by atoms with Crippen molar-refractivity contribution in [3.8, 4) is 0 Å². The molecule has 18 heavy (non-hydrogen) atoms. The number of nitrogens with one attached hydrogen (secondary N) is 1. The summed E-state index contributed by atoms with van der Waals surface area (Å²) in [4.78, 5) is 11.5. The van der Waals surface area contributed by atoms with Crippen LogP contribution in [0.5, 0.6) is 0 Å². The predicted molar refractivity (Wildman–Crippen MR) is 71.2 cm³/mol. The van der Waals surface area contributed by atoms with Gasteiger partial charge in [0, 0.05) is 13.1 Å². The Morgan fingerprint density at radius 1 is 1.44 bits per heavy atom. The van der Waals surface area contributed by atoms with Crippen molar-refractivity contribution in [3.63, 3.8) is 0 Å². The lowest BCUT2D eigenvalue weighted by Gasteiger charge is -2.23. The summed E-state index contributed by atoms with van der Waals surface area (Å²) in [5.41, 5.74) is 2.53. The fraction of sp³-hybridized carbons (Fsp3) is 0.533. The highest BCUT2D eigenvalue weighted by molar-refractivity contribution is 5.73. The average molecular weight is 247 g/mol. The number of hydrogen-bond acceptors (Lipinski definition) is 3. The van der Waals surface area contributed by atoms with E-state index in [1.165, 1.54) is 17.5 Å². The van der Waals surface area contributed by atoms with Gasteiger partial charge in [-0.2, -0.15) is 0 Å². The van der Waals surface area contributed by atoms with Crippen LogP contribution in [-0.2, 0) is 16.1 Å². The van der Waals surface area contributed by atoms with E-state index < -0.39 is 0 Å². The normalized spacial score (nSPS) is 15.2. The van der Waals surface area contributed by atoms with Gasteiger partial charge in [-0.25, -0.2) is 0 Å². The van der Waals surface area contributed by atoms with E-state index in [4.69, 9.17) is 4.74 Å². The first-order chi connectivity index (χ1) is 8.75. The molecule has 0 unspecified atom stereocenters. The number of benzene rings is 1. The van der Waals surface area contributed by atoms with Crippen LogP contribution in [0.1, 0.15) is 30.4 Å². The number of carbonyl (C=O) groups excluding carboxylic acids is 1. The molecular weight excluding hydrogens is 226 g/mol. The summed E-state index contributed by atoms with van der Waals surface area (Å²) < 4.78 is 5.21. The Morgan fingerprint density at radius 3 is 2.94 bits per heavy atom. The van der Waals surface area contributed by atoms with Crippen LogP contribution in [0.4, 0.5) is 0 Å². The van der Waals surface area contributed by atoms with Gasteiger partial charge >= 0.3 is 5.97 Å². The van der Waals surface area contributed by atoms with Crippen molar-refractivity contribution in [1.82, 2.24) is 5.32 Å². The smallest absolute Gasteiger partial charge is 0.308 e. The van der Waals surface area contributed by atoms with Crippen molar-refractivity contribution >= 4 is 5.97 Å². The van der Waals surface area contributed by atoms with Gasteiger partial charge in [-0.1, -0.05) is 36.2 Å². The average Bonchev–Trinajstić information content (AvgIpc) is 2.26. The zero-order valence-electron chi connectivity index (χ0n) is 10.9. The Hall–Kier alpha value is -1.35. The minimum absolute atomic E-state index is 0.0152. The van der Waals surface area contributed by atoms with Crippen molar-refractivity contribution < 1.29 is 9.53 Å². The van der Waals surface area contributed by atoms with Crippen molar-refractivity contribution in [2.45, 2.75) is 32.7 Å². The van der Waals surface area contributed by atoms with Crippen LogP contribution >= 0.6 is 0 Å². The molecule has 1 N–H and O–H groups in total. The summed E-state index contributed by atoms with van der Waals surface area (Å²) in [6, 6.07) is 8.40. The van der Waals surface area contributed by atoms with E-state index in [2.05, 4.69) is 36.5 Å². The lowest BCUT2D eigenvalue weighted by atomic mass is 9.86. The van der Waals surface area contributed by atoms with Crippen molar-refractivity contribution in [2.24, 2.45) is 5.92 Å².